The van der Waals surface area contributed by atoms with Crippen LogP contribution in [0.3, 0.4) is 0 Å². The summed E-state index contributed by atoms with van der Waals surface area (Å²) in [6, 6.07) is 10.2. The van der Waals surface area contributed by atoms with Gasteiger partial charge in [0, 0.05) is 32.0 Å². The fourth-order valence-electron chi connectivity index (χ4n) is 1.74. The first kappa shape index (κ1) is 12.3. The molecular weight excluding hydrogens is 228 g/mol. The van der Waals surface area contributed by atoms with E-state index in [4.69, 9.17) is 5.73 Å². The van der Waals surface area contributed by atoms with Gasteiger partial charge in [-0.1, -0.05) is 30.3 Å². The van der Waals surface area contributed by atoms with Crippen LogP contribution in [0.1, 0.15) is 16.2 Å². The standard InChI is InChI=1S/C13H16N4O/c14-12(18)13-16-7-9-17(13)8-6-15-10-11-4-2-1-3-5-11/h1-5,7,9,15H,6,8,10H2,(H2,14,18). The summed E-state index contributed by atoms with van der Waals surface area (Å²) in [5, 5.41) is 3.31. The second-order valence-corrected chi connectivity index (χ2v) is 3.97. The molecule has 0 saturated carbocycles. The zero-order valence-electron chi connectivity index (χ0n) is 10.0. The van der Waals surface area contributed by atoms with E-state index in [0.717, 1.165) is 13.1 Å². The summed E-state index contributed by atoms with van der Waals surface area (Å²) in [4.78, 5) is 15.0. The third-order valence-electron chi connectivity index (χ3n) is 2.64. The highest BCUT2D eigenvalue weighted by molar-refractivity contribution is 5.89. The smallest absolute Gasteiger partial charge is 0.284 e. The van der Waals surface area contributed by atoms with Crippen LogP contribution in [-0.2, 0) is 13.1 Å². The number of carbonyl (C=O) groups is 1. The van der Waals surface area contributed by atoms with Crippen LogP contribution in [0, 0.1) is 0 Å². The van der Waals surface area contributed by atoms with Crippen molar-refractivity contribution in [2.45, 2.75) is 13.1 Å². The molecule has 0 radical (unpaired) electrons. The number of aromatic nitrogens is 2. The maximum atomic E-state index is 11.1. The lowest BCUT2D eigenvalue weighted by atomic mass is 10.2. The molecule has 1 aromatic heterocycles. The second-order valence-electron chi connectivity index (χ2n) is 3.97. The van der Waals surface area contributed by atoms with E-state index in [9.17, 15) is 4.79 Å². The molecule has 1 amide bonds. The first-order chi connectivity index (χ1) is 8.77. The van der Waals surface area contributed by atoms with Gasteiger partial charge in [0.05, 0.1) is 0 Å². The highest BCUT2D eigenvalue weighted by atomic mass is 16.1. The monoisotopic (exact) mass is 244 g/mol. The Morgan fingerprint density at radius 3 is 2.83 bits per heavy atom. The number of benzene rings is 1. The highest BCUT2D eigenvalue weighted by Gasteiger charge is 2.07. The number of nitrogens with one attached hydrogen (secondary N) is 1. The minimum absolute atomic E-state index is 0.302. The largest absolute Gasteiger partial charge is 0.363 e. The summed E-state index contributed by atoms with van der Waals surface area (Å²) >= 11 is 0. The summed E-state index contributed by atoms with van der Waals surface area (Å²) in [5.41, 5.74) is 6.45. The molecule has 0 saturated heterocycles. The van der Waals surface area contributed by atoms with Crippen molar-refractivity contribution in [1.82, 2.24) is 14.9 Å². The summed E-state index contributed by atoms with van der Waals surface area (Å²) in [7, 11) is 0. The Bertz CT molecular complexity index is 507. The average Bonchev–Trinajstić information content (AvgIpc) is 2.84. The molecule has 0 aliphatic rings. The Hall–Kier alpha value is -2.14. The predicted molar refractivity (Wildman–Crippen MR) is 68.9 cm³/mol. The van der Waals surface area contributed by atoms with Crippen LogP contribution in [0.4, 0.5) is 0 Å². The van der Waals surface area contributed by atoms with Gasteiger partial charge in [-0.3, -0.25) is 4.79 Å². The van der Waals surface area contributed by atoms with Gasteiger partial charge in [0.25, 0.3) is 5.91 Å². The number of hydrogen-bond donors (Lipinski definition) is 2. The Balaban J connectivity index is 1.79. The number of hydrogen-bond acceptors (Lipinski definition) is 3. The third kappa shape index (κ3) is 3.18. The topological polar surface area (TPSA) is 72.9 Å². The van der Waals surface area contributed by atoms with Gasteiger partial charge in [0.2, 0.25) is 0 Å². The highest BCUT2D eigenvalue weighted by Crippen LogP contribution is 1.98. The molecule has 5 heteroatoms. The van der Waals surface area contributed by atoms with Crippen LogP contribution in [-0.4, -0.2) is 22.0 Å². The van der Waals surface area contributed by atoms with Gasteiger partial charge in [0.1, 0.15) is 0 Å². The van der Waals surface area contributed by atoms with E-state index in [1.165, 1.54) is 5.56 Å². The van der Waals surface area contributed by atoms with Crippen molar-refractivity contribution in [3.63, 3.8) is 0 Å². The van der Waals surface area contributed by atoms with Crippen LogP contribution < -0.4 is 11.1 Å². The van der Waals surface area contributed by atoms with E-state index in [1.807, 2.05) is 18.2 Å². The number of nitrogens with zero attached hydrogens (tertiary/aromatic N) is 2. The first-order valence-corrected chi connectivity index (χ1v) is 5.83. The number of imidazole rings is 1. The van der Waals surface area contributed by atoms with E-state index in [-0.39, 0.29) is 0 Å². The van der Waals surface area contributed by atoms with E-state index in [0.29, 0.717) is 12.4 Å². The molecule has 0 bridgehead atoms. The fourth-order valence-corrected chi connectivity index (χ4v) is 1.74. The summed E-state index contributed by atoms with van der Waals surface area (Å²) in [6.45, 7) is 2.23. The zero-order valence-corrected chi connectivity index (χ0v) is 10.0. The fraction of sp³-hybridized carbons (Fsp3) is 0.231. The number of primary amides is 1. The summed E-state index contributed by atoms with van der Waals surface area (Å²) < 4.78 is 1.75. The van der Waals surface area contributed by atoms with Crippen LogP contribution in [0.25, 0.3) is 0 Å². The predicted octanol–water partition coefficient (Wildman–Crippen LogP) is 0.772. The summed E-state index contributed by atoms with van der Waals surface area (Å²) in [5.74, 6) is -0.195. The zero-order chi connectivity index (χ0) is 12.8. The average molecular weight is 244 g/mol. The van der Waals surface area contributed by atoms with Crippen molar-refractivity contribution in [2.75, 3.05) is 6.54 Å². The molecule has 3 N–H and O–H groups in total. The lowest BCUT2D eigenvalue weighted by molar-refractivity contribution is 0.0986. The summed E-state index contributed by atoms with van der Waals surface area (Å²) in [6.07, 6.45) is 3.33. The molecule has 1 aromatic carbocycles. The number of rotatable bonds is 6. The molecule has 0 fully saturated rings. The second kappa shape index (κ2) is 5.97. The Kier molecular flexibility index (Phi) is 4.09. The molecule has 0 aliphatic carbocycles. The van der Waals surface area contributed by atoms with Crippen molar-refractivity contribution in [3.05, 3.63) is 54.1 Å². The van der Waals surface area contributed by atoms with Crippen molar-refractivity contribution in [1.29, 1.82) is 0 Å². The quantitative estimate of drug-likeness (QED) is 0.737. The van der Waals surface area contributed by atoms with Gasteiger partial charge in [0.15, 0.2) is 5.82 Å². The van der Waals surface area contributed by atoms with Gasteiger partial charge in [-0.15, -0.1) is 0 Å². The molecule has 2 aromatic rings. The van der Waals surface area contributed by atoms with Gasteiger partial charge in [-0.2, -0.15) is 0 Å². The van der Waals surface area contributed by atoms with Crippen LogP contribution in [0.2, 0.25) is 0 Å². The third-order valence-corrected chi connectivity index (χ3v) is 2.64. The van der Waals surface area contributed by atoms with E-state index >= 15 is 0 Å². The Morgan fingerprint density at radius 2 is 2.11 bits per heavy atom. The molecule has 0 unspecified atom stereocenters. The van der Waals surface area contributed by atoms with Crippen molar-refractivity contribution in [3.8, 4) is 0 Å². The molecule has 2 rings (SSSR count). The molecule has 18 heavy (non-hydrogen) atoms. The van der Waals surface area contributed by atoms with Gasteiger partial charge in [-0.25, -0.2) is 4.98 Å². The van der Waals surface area contributed by atoms with Gasteiger partial charge < -0.3 is 15.6 Å². The van der Waals surface area contributed by atoms with Crippen LogP contribution in [0.5, 0.6) is 0 Å². The number of nitrogens with two attached hydrogens (primary N) is 1. The SMILES string of the molecule is NC(=O)c1nccn1CCNCc1ccccc1. The molecule has 0 spiro atoms. The molecule has 0 atom stereocenters. The lowest BCUT2D eigenvalue weighted by Crippen LogP contribution is -2.23. The molecule has 5 nitrogen and oxygen atoms in total. The van der Waals surface area contributed by atoms with Crippen LogP contribution in [0.15, 0.2) is 42.7 Å². The van der Waals surface area contributed by atoms with Crippen molar-refractivity contribution < 1.29 is 4.79 Å². The van der Waals surface area contributed by atoms with Gasteiger partial charge >= 0.3 is 0 Å². The van der Waals surface area contributed by atoms with Crippen molar-refractivity contribution in [2.24, 2.45) is 5.73 Å². The normalized spacial score (nSPS) is 10.4. The van der Waals surface area contributed by atoms with Crippen LogP contribution >= 0.6 is 0 Å². The lowest BCUT2D eigenvalue weighted by Gasteiger charge is -2.07. The number of amides is 1. The maximum absolute atomic E-state index is 11.1. The minimum atomic E-state index is -0.497. The van der Waals surface area contributed by atoms with E-state index in [1.54, 1.807) is 17.0 Å². The molecule has 1 heterocycles. The molecular formula is C13H16N4O. The molecule has 0 aliphatic heterocycles. The Morgan fingerprint density at radius 1 is 1.33 bits per heavy atom. The molecule has 94 valence electrons. The Labute approximate surface area is 106 Å². The maximum Gasteiger partial charge on any atom is 0.284 e. The van der Waals surface area contributed by atoms with E-state index in [2.05, 4.69) is 22.4 Å². The first-order valence-electron chi connectivity index (χ1n) is 5.83. The number of carbonyl (C=O) groups excluding carboxylic acids is 1. The van der Waals surface area contributed by atoms with Gasteiger partial charge in [-0.05, 0) is 5.56 Å². The van der Waals surface area contributed by atoms with Crippen molar-refractivity contribution >= 4 is 5.91 Å². The van der Waals surface area contributed by atoms with E-state index < -0.39 is 5.91 Å². The minimum Gasteiger partial charge on any atom is -0.363 e.